The molecule has 98 valence electrons. The molecule has 0 radical (unpaired) electrons. The third-order valence-corrected chi connectivity index (χ3v) is 2.17. The van der Waals surface area contributed by atoms with Gasteiger partial charge in [-0.05, 0) is 0 Å². The Hall–Kier alpha value is -2.38. The van der Waals surface area contributed by atoms with Crippen molar-refractivity contribution in [3.05, 3.63) is 27.6 Å². The van der Waals surface area contributed by atoms with E-state index in [1.54, 1.807) is 0 Å². The van der Waals surface area contributed by atoms with Gasteiger partial charge in [-0.2, -0.15) is 4.39 Å². The normalized spacial score (nSPS) is 9.78. The van der Waals surface area contributed by atoms with E-state index in [0.29, 0.717) is 0 Å². The number of ether oxygens (including phenoxy) is 3. The lowest BCUT2D eigenvalue weighted by atomic mass is 10.1. The van der Waals surface area contributed by atoms with Crippen LogP contribution in [0.25, 0.3) is 0 Å². The lowest BCUT2D eigenvalue weighted by Crippen LogP contribution is -2.09. The van der Waals surface area contributed by atoms with Gasteiger partial charge < -0.3 is 14.2 Å². The molecule has 0 amide bonds. The minimum absolute atomic E-state index is 0.133. The first kappa shape index (κ1) is 13.7. The van der Waals surface area contributed by atoms with E-state index in [1.165, 1.54) is 7.11 Å². The number of nitrogens with zero attached hydrogens (tertiary/aromatic N) is 1. The van der Waals surface area contributed by atoms with Crippen LogP contribution in [0.3, 0.4) is 0 Å². The number of halogens is 1. The van der Waals surface area contributed by atoms with Crippen LogP contribution in [0.15, 0.2) is 6.07 Å². The highest BCUT2D eigenvalue weighted by molar-refractivity contribution is 5.92. The van der Waals surface area contributed by atoms with Crippen molar-refractivity contribution >= 4 is 11.7 Å². The highest BCUT2D eigenvalue weighted by Crippen LogP contribution is 2.40. The van der Waals surface area contributed by atoms with E-state index in [9.17, 15) is 19.3 Å². The number of carbonyl (C=O) groups is 1. The Morgan fingerprint density at radius 3 is 2.33 bits per heavy atom. The summed E-state index contributed by atoms with van der Waals surface area (Å²) in [6.07, 6.45) is 0. The fourth-order valence-electron chi connectivity index (χ4n) is 1.37. The summed E-state index contributed by atoms with van der Waals surface area (Å²) in [5.41, 5.74) is -1.57. The first-order valence-electron chi connectivity index (χ1n) is 4.65. The zero-order valence-corrected chi connectivity index (χ0v) is 9.85. The fraction of sp³-hybridized carbons (Fsp3) is 0.300. The lowest BCUT2D eigenvalue weighted by Gasteiger charge is -2.10. The molecule has 0 fully saturated rings. The molecule has 18 heavy (non-hydrogen) atoms. The Bertz CT molecular complexity index is 502. The summed E-state index contributed by atoms with van der Waals surface area (Å²) < 4.78 is 27.7. The molecule has 0 unspecified atom stereocenters. The molecule has 1 rings (SSSR count). The van der Waals surface area contributed by atoms with E-state index in [2.05, 4.69) is 4.74 Å². The number of rotatable bonds is 4. The highest BCUT2D eigenvalue weighted by Gasteiger charge is 2.31. The van der Waals surface area contributed by atoms with Crippen LogP contribution in [-0.2, 0) is 4.74 Å². The second-order valence-electron chi connectivity index (χ2n) is 3.07. The van der Waals surface area contributed by atoms with Gasteiger partial charge >= 0.3 is 11.7 Å². The fourth-order valence-corrected chi connectivity index (χ4v) is 1.37. The number of hydrogen-bond donors (Lipinski definition) is 0. The Kier molecular flexibility index (Phi) is 4.03. The summed E-state index contributed by atoms with van der Waals surface area (Å²) in [4.78, 5) is 21.1. The lowest BCUT2D eigenvalue weighted by molar-refractivity contribution is -0.388. The molecule has 0 atom stereocenters. The number of nitro benzene ring substituents is 1. The van der Waals surface area contributed by atoms with Crippen LogP contribution in [0.1, 0.15) is 10.4 Å². The van der Waals surface area contributed by atoms with Crippen LogP contribution in [0.4, 0.5) is 10.1 Å². The van der Waals surface area contributed by atoms with Gasteiger partial charge in [-0.15, -0.1) is 0 Å². The van der Waals surface area contributed by atoms with Crippen molar-refractivity contribution in [2.24, 2.45) is 0 Å². The summed E-state index contributed by atoms with van der Waals surface area (Å²) in [5, 5.41) is 10.8. The van der Waals surface area contributed by atoms with Gasteiger partial charge in [0, 0.05) is 6.07 Å². The van der Waals surface area contributed by atoms with Gasteiger partial charge in [0.2, 0.25) is 11.6 Å². The van der Waals surface area contributed by atoms with Gasteiger partial charge in [0.25, 0.3) is 0 Å². The van der Waals surface area contributed by atoms with Gasteiger partial charge in [0.15, 0.2) is 5.75 Å². The van der Waals surface area contributed by atoms with Crippen LogP contribution < -0.4 is 9.47 Å². The summed E-state index contributed by atoms with van der Waals surface area (Å²) in [7, 11) is 3.37. The summed E-state index contributed by atoms with van der Waals surface area (Å²) in [6.45, 7) is 0. The number of nitro groups is 1. The summed E-state index contributed by atoms with van der Waals surface area (Å²) in [5.74, 6) is -2.90. The molecule has 8 heteroatoms. The maximum atomic E-state index is 13.8. The van der Waals surface area contributed by atoms with E-state index in [0.717, 1.165) is 20.3 Å². The second-order valence-corrected chi connectivity index (χ2v) is 3.07. The third kappa shape index (κ3) is 2.17. The molecule has 1 aromatic carbocycles. The maximum Gasteiger partial charge on any atom is 0.351 e. The van der Waals surface area contributed by atoms with Gasteiger partial charge in [-0.1, -0.05) is 0 Å². The standard InChI is InChI=1S/C10H10FNO6/c1-16-6-4-5(10(13)18-3)7(11)8(12(14)15)9(6)17-2/h4H,1-3H3. The first-order valence-corrected chi connectivity index (χ1v) is 4.65. The zero-order valence-electron chi connectivity index (χ0n) is 9.85. The Morgan fingerprint density at radius 1 is 1.33 bits per heavy atom. The Labute approximate surface area is 101 Å². The average Bonchev–Trinajstić information content (AvgIpc) is 2.36. The van der Waals surface area contributed by atoms with E-state index >= 15 is 0 Å². The average molecular weight is 259 g/mol. The quantitative estimate of drug-likeness (QED) is 0.463. The second kappa shape index (κ2) is 5.30. The molecular weight excluding hydrogens is 249 g/mol. The van der Waals surface area contributed by atoms with E-state index < -0.39 is 33.7 Å². The third-order valence-electron chi connectivity index (χ3n) is 2.17. The zero-order chi connectivity index (χ0) is 13.9. The van der Waals surface area contributed by atoms with Crippen molar-refractivity contribution in [2.75, 3.05) is 21.3 Å². The molecule has 0 aliphatic carbocycles. The van der Waals surface area contributed by atoms with Crippen molar-refractivity contribution in [1.29, 1.82) is 0 Å². The molecule has 0 aliphatic rings. The van der Waals surface area contributed by atoms with Gasteiger partial charge in [-0.3, -0.25) is 10.1 Å². The SMILES string of the molecule is COC(=O)c1cc(OC)c(OC)c([N+](=O)[O-])c1F. The smallest absolute Gasteiger partial charge is 0.351 e. The molecule has 0 saturated carbocycles. The number of esters is 1. The maximum absolute atomic E-state index is 13.8. The van der Waals surface area contributed by atoms with Crippen molar-refractivity contribution < 1.29 is 28.3 Å². The minimum atomic E-state index is -1.33. The molecule has 0 spiro atoms. The van der Waals surface area contributed by atoms with Crippen molar-refractivity contribution in [2.45, 2.75) is 0 Å². The number of methoxy groups -OCH3 is 3. The van der Waals surface area contributed by atoms with Crippen LogP contribution in [0, 0.1) is 15.9 Å². The molecule has 7 nitrogen and oxygen atoms in total. The highest BCUT2D eigenvalue weighted by atomic mass is 19.1. The van der Waals surface area contributed by atoms with Gasteiger partial charge in [-0.25, -0.2) is 4.79 Å². The van der Waals surface area contributed by atoms with Crippen LogP contribution in [0.2, 0.25) is 0 Å². The molecule has 0 bridgehead atoms. The monoisotopic (exact) mass is 259 g/mol. The topological polar surface area (TPSA) is 87.9 Å². The number of hydrogen-bond acceptors (Lipinski definition) is 6. The number of benzene rings is 1. The molecule has 0 aromatic heterocycles. The van der Waals surface area contributed by atoms with Crippen LogP contribution in [-0.4, -0.2) is 32.2 Å². The predicted octanol–water partition coefficient (Wildman–Crippen LogP) is 1.54. The largest absolute Gasteiger partial charge is 0.493 e. The summed E-state index contributed by atoms with van der Waals surface area (Å²) >= 11 is 0. The van der Waals surface area contributed by atoms with Crippen LogP contribution in [0.5, 0.6) is 11.5 Å². The molecule has 0 saturated heterocycles. The predicted molar refractivity (Wildman–Crippen MR) is 57.5 cm³/mol. The van der Waals surface area contributed by atoms with E-state index in [-0.39, 0.29) is 5.75 Å². The van der Waals surface area contributed by atoms with Crippen molar-refractivity contribution in [3.63, 3.8) is 0 Å². The Balaban J connectivity index is 3.65. The molecule has 0 aliphatic heterocycles. The van der Waals surface area contributed by atoms with Gasteiger partial charge in [0.05, 0.1) is 26.3 Å². The molecule has 0 N–H and O–H groups in total. The summed E-state index contributed by atoms with van der Waals surface area (Å²) in [6, 6.07) is 0.979. The first-order chi connectivity index (χ1) is 8.47. The van der Waals surface area contributed by atoms with Crippen molar-refractivity contribution in [3.8, 4) is 11.5 Å². The number of carbonyl (C=O) groups excluding carboxylic acids is 1. The van der Waals surface area contributed by atoms with E-state index in [1.807, 2.05) is 0 Å². The van der Waals surface area contributed by atoms with Crippen LogP contribution >= 0.6 is 0 Å². The molecule has 1 aromatic rings. The van der Waals surface area contributed by atoms with Crippen molar-refractivity contribution in [1.82, 2.24) is 0 Å². The minimum Gasteiger partial charge on any atom is -0.493 e. The Morgan fingerprint density at radius 2 is 1.94 bits per heavy atom. The van der Waals surface area contributed by atoms with Gasteiger partial charge in [0.1, 0.15) is 5.56 Å². The molecular formula is C10H10FNO6. The van der Waals surface area contributed by atoms with E-state index in [4.69, 9.17) is 9.47 Å². The molecule has 0 heterocycles.